The van der Waals surface area contributed by atoms with Gasteiger partial charge in [-0.1, -0.05) is 0 Å². The molecule has 16 heavy (non-hydrogen) atoms. The second kappa shape index (κ2) is 5.03. The van der Waals surface area contributed by atoms with Crippen LogP contribution in [-0.2, 0) is 4.79 Å². The molecule has 5 heteroatoms. The van der Waals surface area contributed by atoms with E-state index in [4.69, 9.17) is 19.8 Å². The molecule has 1 atom stereocenters. The van der Waals surface area contributed by atoms with Gasteiger partial charge in [-0.15, -0.1) is 0 Å². The zero-order chi connectivity index (χ0) is 12.1. The number of carboxylic acids is 1. The van der Waals surface area contributed by atoms with Crippen LogP contribution >= 0.6 is 0 Å². The normalized spacial score (nSPS) is 11.3. The summed E-state index contributed by atoms with van der Waals surface area (Å²) in [6.45, 7) is 1.42. The predicted octanol–water partition coefficient (Wildman–Crippen LogP) is 1.42. The molecule has 84 valence electrons. The van der Waals surface area contributed by atoms with E-state index in [1.807, 2.05) is 6.07 Å². The van der Waals surface area contributed by atoms with Crippen LogP contribution in [0.25, 0.3) is 0 Å². The van der Waals surface area contributed by atoms with Gasteiger partial charge < -0.3 is 14.6 Å². The van der Waals surface area contributed by atoms with Crippen LogP contribution < -0.4 is 9.47 Å². The lowest BCUT2D eigenvalue weighted by Crippen LogP contribution is -2.23. The Kier molecular flexibility index (Phi) is 3.72. The van der Waals surface area contributed by atoms with Gasteiger partial charge in [-0.05, 0) is 19.1 Å². The summed E-state index contributed by atoms with van der Waals surface area (Å²) in [6.07, 6.45) is -0.971. The van der Waals surface area contributed by atoms with E-state index in [9.17, 15) is 4.79 Å². The molecule has 0 aliphatic heterocycles. The second-order valence-electron chi connectivity index (χ2n) is 3.08. The van der Waals surface area contributed by atoms with Gasteiger partial charge in [0.2, 0.25) is 0 Å². The molecule has 0 radical (unpaired) electrons. The van der Waals surface area contributed by atoms with Crippen molar-refractivity contribution in [2.24, 2.45) is 0 Å². The van der Waals surface area contributed by atoms with Gasteiger partial charge in [0.05, 0.1) is 18.7 Å². The van der Waals surface area contributed by atoms with Crippen molar-refractivity contribution in [3.05, 3.63) is 23.8 Å². The fourth-order valence-electron chi connectivity index (χ4n) is 1.08. The number of ether oxygens (including phenoxy) is 2. The van der Waals surface area contributed by atoms with Crippen LogP contribution in [0.4, 0.5) is 0 Å². The number of nitriles is 1. The molecule has 1 aromatic rings. The molecule has 0 aromatic heterocycles. The van der Waals surface area contributed by atoms with E-state index in [0.717, 1.165) is 0 Å². The summed E-state index contributed by atoms with van der Waals surface area (Å²) < 4.78 is 10.2. The van der Waals surface area contributed by atoms with E-state index in [-0.39, 0.29) is 0 Å². The average molecular weight is 221 g/mol. The summed E-state index contributed by atoms with van der Waals surface area (Å²) in [6, 6.07) is 6.49. The minimum atomic E-state index is -1.06. The maximum Gasteiger partial charge on any atom is 0.344 e. The van der Waals surface area contributed by atoms with Gasteiger partial charge in [-0.2, -0.15) is 5.26 Å². The van der Waals surface area contributed by atoms with E-state index in [2.05, 4.69) is 0 Å². The summed E-state index contributed by atoms with van der Waals surface area (Å²) in [5.74, 6) is -0.421. The van der Waals surface area contributed by atoms with Gasteiger partial charge in [0.1, 0.15) is 0 Å². The van der Waals surface area contributed by atoms with E-state index in [1.165, 1.54) is 32.2 Å². The molecular weight excluding hydrogens is 210 g/mol. The van der Waals surface area contributed by atoms with E-state index < -0.39 is 12.1 Å². The molecule has 5 nitrogen and oxygen atoms in total. The van der Waals surface area contributed by atoms with Crippen molar-refractivity contribution in [2.75, 3.05) is 7.11 Å². The second-order valence-corrected chi connectivity index (χ2v) is 3.08. The Morgan fingerprint density at radius 1 is 1.50 bits per heavy atom. The third-order valence-electron chi connectivity index (χ3n) is 1.94. The first-order valence-electron chi connectivity index (χ1n) is 4.56. The maximum absolute atomic E-state index is 10.6. The van der Waals surface area contributed by atoms with Crippen molar-refractivity contribution in [2.45, 2.75) is 13.0 Å². The first kappa shape index (κ1) is 11.9. The number of hydrogen-bond donors (Lipinski definition) is 1. The SMILES string of the molecule is COc1cc(C#N)ccc1O[C@H](C)C(=O)O. The molecular formula is C11H11NO4. The summed E-state index contributed by atoms with van der Waals surface area (Å²) in [7, 11) is 1.43. The number of rotatable bonds is 4. The number of benzene rings is 1. The molecule has 0 amide bonds. The van der Waals surface area contributed by atoms with Crippen LogP contribution in [0.15, 0.2) is 18.2 Å². The van der Waals surface area contributed by atoms with Crippen LogP contribution in [0.2, 0.25) is 0 Å². The molecule has 0 heterocycles. The lowest BCUT2D eigenvalue weighted by molar-refractivity contribution is -0.144. The molecule has 1 aromatic carbocycles. The third-order valence-corrected chi connectivity index (χ3v) is 1.94. The number of carbonyl (C=O) groups is 1. The third kappa shape index (κ3) is 2.64. The number of methoxy groups -OCH3 is 1. The fraction of sp³-hybridized carbons (Fsp3) is 0.273. The zero-order valence-corrected chi connectivity index (χ0v) is 8.93. The van der Waals surface area contributed by atoms with Crippen molar-refractivity contribution in [3.63, 3.8) is 0 Å². The van der Waals surface area contributed by atoms with Crippen molar-refractivity contribution in [1.29, 1.82) is 5.26 Å². The Hall–Kier alpha value is -2.22. The number of carboxylic acid groups (broad SMARTS) is 1. The minimum absolute atomic E-state index is 0.302. The van der Waals surface area contributed by atoms with E-state index in [1.54, 1.807) is 0 Å². The smallest absolute Gasteiger partial charge is 0.344 e. The van der Waals surface area contributed by atoms with Gasteiger partial charge >= 0.3 is 5.97 Å². The predicted molar refractivity (Wildman–Crippen MR) is 55.4 cm³/mol. The Labute approximate surface area is 92.8 Å². The first-order valence-corrected chi connectivity index (χ1v) is 4.56. The van der Waals surface area contributed by atoms with Crippen LogP contribution in [0.1, 0.15) is 12.5 Å². The van der Waals surface area contributed by atoms with Gasteiger partial charge in [-0.3, -0.25) is 0 Å². The molecule has 0 aliphatic rings. The first-order chi connectivity index (χ1) is 7.58. The minimum Gasteiger partial charge on any atom is -0.493 e. The molecule has 0 saturated heterocycles. The fourth-order valence-corrected chi connectivity index (χ4v) is 1.08. The average Bonchev–Trinajstić information content (AvgIpc) is 2.29. The largest absolute Gasteiger partial charge is 0.493 e. The van der Waals surface area contributed by atoms with E-state index >= 15 is 0 Å². The highest BCUT2D eigenvalue weighted by atomic mass is 16.5. The van der Waals surface area contributed by atoms with Crippen LogP contribution in [0.5, 0.6) is 11.5 Å². The molecule has 0 bridgehead atoms. The van der Waals surface area contributed by atoms with Crippen LogP contribution in [-0.4, -0.2) is 24.3 Å². The summed E-state index contributed by atoms with van der Waals surface area (Å²) >= 11 is 0. The molecule has 0 unspecified atom stereocenters. The highest BCUT2D eigenvalue weighted by Crippen LogP contribution is 2.28. The Bertz CT molecular complexity index is 436. The topological polar surface area (TPSA) is 79.5 Å². The maximum atomic E-state index is 10.6. The monoisotopic (exact) mass is 221 g/mol. The van der Waals surface area contributed by atoms with Gasteiger partial charge in [0, 0.05) is 6.07 Å². The van der Waals surface area contributed by atoms with Crippen LogP contribution in [0.3, 0.4) is 0 Å². The highest BCUT2D eigenvalue weighted by Gasteiger charge is 2.15. The summed E-state index contributed by atoms with van der Waals surface area (Å²) in [4.78, 5) is 10.6. The van der Waals surface area contributed by atoms with Gasteiger partial charge in [0.15, 0.2) is 17.6 Å². The summed E-state index contributed by atoms with van der Waals surface area (Å²) in [5, 5.41) is 17.4. The van der Waals surface area contributed by atoms with Crippen molar-refractivity contribution < 1.29 is 19.4 Å². The standard InChI is InChI=1S/C11H11NO4/c1-7(11(13)14)16-9-4-3-8(6-12)5-10(9)15-2/h3-5,7H,1-2H3,(H,13,14)/t7-/m1/s1. The number of nitrogens with zero attached hydrogens (tertiary/aromatic N) is 1. The van der Waals surface area contributed by atoms with Crippen LogP contribution in [0, 0.1) is 11.3 Å². The Balaban J connectivity index is 2.97. The molecule has 1 N–H and O–H groups in total. The molecule has 0 fully saturated rings. The number of hydrogen-bond acceptors (Lipinski definition) is 4. The zero-order valence-electron chi connectivity index (χ0n) is 8.93. The van der Waals surface area contributed by atoms with Crippen molar-refractivity contribution >= 4 is 5.97 Å². The Morgan fingerprint density at radius 2 is 2.19 bits per heavy atom. The van der Waals surface area contributed by atoms with Crippen molar-refractivity contribution in [1.82, 2.24) is 0 Å². The van der Waals surface area contributed by atoms with Crippen molar-refractivity contribution in [3.8, 4) is 17.6 Å². The van der Waals surface area contributed by atoms with Gasteiger partial charge in [-0.25, -0.2) is 4.79 Å². The lowest BCUT2D eigenvalue weighted by Gasteiger charge is -2.13. The molecule has 0 aliphatic carbocycles. The van der Waals surface area contributed by atoms with E-state index in [0.29, 0.717) is 17.1 Å². The molecule has 0 saturated carbocycles. The molecule has 0 spiro atoms. The molecule has 1 rings (SSSR count). The Morgan fingerprint density at radius 3 is 2.69 bits per heavy atom. The highest BCUT2D eigenvalue weighted by molar-refractivity contribution is 5.72. The summed E-state index contributed by atoms with van der Waals surface area (Å²) in [5.41, 5.74) is 0.423. The number of aliphatic carboxylic acids is 1. The quantitative estimate of drug-likeness (QED) is 0.831. The van der Waals surface area contributed by atoms with Gasteiger partial charge in [0.25, 0.3) is 0 Å². The lowest BCUT2D eigenvalue weighted by atomic mass is 10.2.